The lowest BCUT2D eigenvalue weighted by Gasteiger charge is -2.11. The van der Waals surface area contributed by atoms with E-state index in [0.717, 1.165) is 17.1 Å². The third-order valence-electron chi connectivity index (χ3n) is 4.69. The van der Waals surface area contributed by atoms with E-state index in [-0.39, 0.29) is 5.91 Å². The minimum Gasteiger partial charge on any atom is -0.348 e. The summed E-state index contributed by atoms with van der Waals surface area (Å²) in [6.45, 7) is 4.56. The number of hydrogen-bond acceptors (Lipinski definition) is 2. The van der Waals surface area contributed by atoms with Crippen molar-refractivity contribution in [3.05, 3.63) is 102 Å². The molecule has 0 saturated carbocycles. The van der Waals surface area contributed by atoms with Gasteiger partial charge in [-0.15, -0.1) is 0 Å². The second kappa shape index (κ2) is 7.56. The van der Waals surface area contributed by atoms with Crippen molar-refractivity contribution < 1.29 is 4.79 Å². The molecule has 1 N–H and O–H groups in total. The number of aryl methyl sites for hydroxylation is 2. The van der Waals surface area contributed by atoms with Gasteiger partial charge in [0.2, 0.25) is 0 Å². The highest BCUT2D eigenvalue weighted by Crippen LogP contribution is 2.20. The average Bonchev–Trinajstić information content (AvgIpc) is 3.37. The largest absolute Gasteiger partial charge is 0.348 e. The minimum atomic E-state index is -0.150. The molecule has 2 aromatic carbocycles. The van der Waals surface area contributed by atoms with Crippen LogP contribution in [0.5, 0.6) is 0 Å². The normalized spacial score (nSPS) is 10.8. The standard InChI is InChI=1S/C23H22N4O/c1-17-5-9-19(10-6-17)15-24-22(28)21-16-25-27(20-11-7-18(2)8-12-20)23(21)26-13-3-4-14-26/h3-14,16H,15H2,1-2H3,(H,24,28). The van der Waals surface area contributed by atoms with Crippen molar-refractivity contribution in [2.24, 2.45) is 0 Å². The molecular formula is C23H22N4O. The Bertz CT molecular complexity index is 1070. The minimum absolute atomic E-state index is 0.150. The van der Waals surface area contributed by atoms with Gasteiger partial charge in [-0.2, -0.15) is 5.10 Å². The summed E-state index contributed by atoms with van der Waals surface area (Å²) in [6.07, 6.45) is 5.45. The van der Waals surface area contributed by atoms with Crippen LogP contribution in [0.15, 0.2) is 79.3 Å². The van der Waals surface area contributed by atoms with Gasteiger partial charge in [0.25, 0.3) is 5.91 Å². The Kier molecular flexibility index (Phi) is 4.81. The summed E-state index contributed by atoms with van der Waals surface area (Å²) in [5, 5.41) is 7.50. The van der Waals surface area contributed by atoms with Gasteiger partial charge in [0.05, 0.1) is 11.9 Å². The maximum Gasteiger partial charge on any atom is 0.256 e. The maximum atomic E-state index is 12.9. The summed E-state index contributed by atoms with van der Waals surface area (Å²) >= 11 is 0. The molecule has 0 atom stereocenters. The van der Waals surface area contributed by atoms with Gasteiger partial charge in [-0.1, -0.05) is 47.5 Å². The summed E-state index contributed by atoms with van der Waals surface area (Å²) < 4.78 is 3.70. The van der Waals surface area contributed by atoms with Gasteiger partial charge in [0.15, 0.2) is 5.82 Å². The number of benzene rings is 2. The lowest BCUT2D eigenvalue weighted by atomic mass is 10.1. The molecule has 0 spiro atoms. The monoisotopic (exact) mass is 370 g/mol. The molecule has 0 saturated heterocycles. The summed E-state index contributed by atoms with van der Waals surface area (Å²) in [5.41, 5.74) is 4.88. The smallest absolute Gasteiger partial charge is 0.256 e. The van der Waals surface area contributed by atoms with Crippen LogP contribution in [0.25, 0.3) is 11.5 Å². The van der Waals surface area contributed by atoms with Crippen molar-refractivity contribution in [2.45, 2.75) is 20.4 Å². The van der Waals surface area contributed by atoms with E-state index >= 15 is 0 Å². The molecule has 5 heteroatoms. The van der Waals surface area contributed by atoms with Crippen LogP contribution in [0, 0.1) is 13.8 Å². The van der Waals surface area contributed by atoms with Crippen LogP contribution in [0.4, 0.5) is 0 Å². The highest BCUT2D eigenvalue weighted by Gasteiger charge is 2.19. The summed E-state index contributed by atoms with van der Waals surface area (Å²) in [6, 6.07) is 20.1. The fourth-order valence-electron chi connectivity index (χ4n) is 3.08. The van der Waals surface area contributed by atoms with Gasteiger partial charge in [-0.05, 0) is 43.7 Å². The Labute approximate surface area is 164 Å². The fraction of sp³-hybridized carbons (Fsp3) is 0.130. The SMILES string of the molecule is Cc1ccc(CNC(=O)c2cnn(-c3ccc(C)cc3)c2-n2cccc2)cc1. The molecular weight excluding hydrogens is 348 g/mol. The van der Waals surface area contributed by atoms with Gasteiger partial charge in [0.1, 0.15) is 5.56 Å². The highest BCUT2D eigenvalue weighted by atomic mass is 16.1. The summed E-state index contributed by atoms with van der Waals surface area (Å²) in [7, 11) is 0. The molecule has 1 amide bonds. The fourth-order valence-corrected chi connectivity index (χ4v) is 3.08. The van der Waals surface area contributed by atoms with Gasteiger partial charge in [-0.25, -0.2) is 4.68 Å². The van der Waals surface area contributed by atoms with Crippen LogP contribution in [-0.2, 0) is 6.54 Å². The molecule has 0 aliphatic heterocycles. The number of nitrogens with one attached hydrogen (secondary N) is 1. The molecule has 2 heterocycles. The van der Waals surface area contributed by atoms with Gasteiger partial charge in [-0.3, -0.25) is 4.79 Å². The lowest BCUT2D eigenvalue weighted by Crippen LogP contribution is -2.24. The molecule has 140 valence electrons. The van der Waals surface area contributed by atoms with Gasteiger partial charge in [0, 0.05) is 18.9 Å². The zero-order chi connectivity index (χ0) is 19.5. The molecule has 0 unspecified atom stereocenters. The molecule has 0 aliphatic rings. The van der Waals surface area contributed by atoms with Crippen molar-refractivity contribution in [1.29, 1.82) is 0 Å². The predicted octanol–water partition coefficient (Wildman–Crippen LogP) is 4.21. The number of nitrogens with zero attached hydrogens (tertiary/aromatic N) is 3. The van der Waals surface area contributed by atoms with E-state index in [0.29, 0.717) is 12.1 Å². The van der Waals surface area contributed by atoms with Crippen molar-refractivity contribution in [1.82, 2.24) is 19.7 Å². The topological polar surface area (TPSA) is 51.9 Å². The zero-order valence-electron chi connectivity index (χ0n) is 16.0. The van der Waals surface area contributed by atoms with E-state index in [1.54, 1.807) is 10.9 Å². The molecule has 28 heavy (non-hydrogen) atoms. The molecule has 5 nitrogen and oxygen atoms in total. The van der Waals surface area contributed by atoms with Crippen molar-refractivity contribution in [2.75, 3.05) is 0 Å². The Morgan fingerprint density at radius 1 is 0.929 bits per heavy atom. The van der Waals surface area contributed by atoms with Crippen LogP contribution in [0.2, 0.25) is 0 Å². The van der Waals surface area contributed by atoms with Crippen LogP contribution in [0.1, 0.15) is 27.0 Å². The van der Waals surface area contributed by atoms with Crippen LogP contribution in [0.3, 0.4) is 0 Å². The number of carbonyl (C=O) groups is 1. The molecule has 0 radical (unpaired) electrons. The third-order valence-corrected chi connectivity index (χ3v) is 4.69. The molecule has 0 aliphatic carbocycles. The maximum absolute atomic E-state index is 12.9. The number of rotatable bonds is 5. The molecule has 0 fully saturated rings. The lowest BCUT2D eigenvalue weighted by molar-refractivity contribution is 0.0951. The Hall–Kier alpha value is -3.60. The number of aromatic nitrogens is 3. The first-order valence-corrected chi connectivity index (χ1v) is 9.24. The molecule has 4 aromatic rings. The predicted molar refractivity (Wildman–Crippen MR) is 110 cm³/mol. The first-order valence-electron chi connectivity index (χ1n) is 9.24. The van der Waals surface area contributed by atoms with E-state index in [9.17, 15) is 4.79 Å². The third kappa shape index (κ3) is 3.60. The summed E-state index contributed by atoms with van der Waals surface area (Å²) in [5.74, 6) is 0.567. The van der Waals surface area contributed by atoms with E-state index in [4.69, 9.17) is 0 Å². The number of amides is 1. The first-order chi connectivity index (χ1) is 13.6. The van der Waals surface area contributed by atoms with Crippen LogP contribution in [-0.4, -0.2) is 20.3 Å². The van der Waals surface area contributed by atoms with Crippen LogP contribution < -0.4 is 5.32 Å². The number of hydrogen-bond donors (Lipinski definition) is 1. The Morgan fingerprint density at radius 3 is 2.18 bits per heavy atom. The van der Waals surface area contributed by atoms with E-state index in [1.165, 1.54) is 11.1 Å². The van der Waals surface area contributed by atoms with Crippen LogP contribution >= 0.6 is 0 Å². The van der Waals surface area contributed by atoms with Gasteiger partial charge < -0.3 is 9.88 Å². The molecule has 0 bridgehead atoms. The van der Waals surface area contributed by atoms with Crippen molar-refractivity contribution in [3.8, 4) is 11.5 Å². The average molecular weight is 370 g/mol. The highest BCUT2D eigenvalue weighted by molar-refractivity contribution is 5.97. The quantitative estimate of drug-likeness (QED) is 0.572. The van der Waals surface area contributed by atoms with Gasteiger partial charge >= 0.3 is 0 Å². The van der Waals surface area contributed by atoms with Crippen molar-refractivity contribution >= 4 is 5.91 Å². The van der Waals surface area contributed by atoms with Crippen molar-refractivity contribution in [3.63, 3.8) is 0 Å². The molecule has 2 aromatic heterocycles. The number of carbonyl (C=O) groups excluding carboxylic acids is 1. The first kappa shape index (κ1) is 17.8. The summed E-state index contributed by atoms with van der Waals surface area (Å²) in [4.78, 5) is 12.9. The zero-order valence-corrected chi connectivity index (χ0v) is 16.0. The molecule has 4 rings (SSSR count). The Morgan fingerprint density at radius 2 is 1.54 bits per heavy atom. The Balaban J connectivity index is 1.65. The van der Waals surface area contributed by atoms with E-state index < -0.39 is 0 Å². The van der Waals surface area contributed by atoms with E-state index in [1.807, 2.05) is 91.5 Å². The second-order valence-electron chi connectivity index (χ2n) is 6.89. The second-order valence-corrected chi connectivity index (χ2v) is 6.89. The van der Waals surface area contributed by atoms with E-state index in [2.05, 4.69) is 10.4 Å².